The summed E-state index contributed by atoms with van der Waals surface area (Å²) in [7, 11) is 1.48. The largest absolute Gasteiger partial charge is 0.504 e. The highest BCUT2D eigenvalue weighted by molar-refractivity contribution is 6.35. The van der Waals surface area contributed by atoms with E-state index < -0.39 is 0 Å². The number of methoxy groups -OCH3 is 1. The fourth-order valence-electron chi connectivity index (χ4n) is 1.45. The Morgan fingerprint density at radius 3 is 2.80 bits per heavy atom. The molecule has 5 nitrogen and oxygen atoms in total. The van der Waals surface area contributed by atoms with Crippen molar-refractivity contribution in [2.45, 2.75) is 0 Å². The number of benzene rings is 1. The first-order chi connectivity index (χ1) is 9.60. The minimum atomic E-state index is 0.0408. The van der Waals surface area contributed by atoms with Crippen molar-refractivity contribution in [3.05, 3.63) is 46.1 Å². The number of nitrogens with zero attached hydrogens (tertiary/aromatic N) is 2. The number of pyridine rings is 1. The van der Waals surface area contributed by atoms with Crippen LogP contribution in [0.15, 0.2) is 35.6 Å². The van der Waals surface area contributed by atoms with Crippen LogP contribution in [-0.4, -0.2) is 23.4 Å². The second-order valence-corrected chi connectivity index (χ2v) is 4.63. The summed E-state index contributed by atoms with van der Waals surface area (Å²) in [6, 6.07) is 6.49. The molecule has 1 aromatic carbocycles. The standard InChI is InChI=1S/C13H11Cl2N3O2/c1-20-12-3-2-8(4-11(12)19)6-17-18-13-10(15)5-9(14)7-16-13/h2-7,19H,1H3,(H,16,18)/b17-6-. The molecular weight excluding hydrogens is 301 g/mol. The van der Waals surface area contributed by atoms with E-state index in [1.54, 1.807) is 18.2 Å². The van der Waals surface area contributed by atoms with Gasteiger partial charge in [-0.2, -0.15) is 5.10 Å². The lowest BCUT2D eigenvalue weighted by atomic mass is 10.2. The van der Waals surface area contributed by atoms with Crippen molar-refractivity contribution in [1.82, 2.24) is 4.98 Å². The molecule has 0 atom stereocenters. The SMILES string of the molecule is COc1ccc(/C=N\Nc2ncc(Cl)cc2Cl)cc1O. The Morgan fingerprint density at radius 1 is 1.35 bits per heavy atom. The first-order valence-corrected chi connectivity index (χ1v) is 6.33. The van der Waals surface area contributed by atoms with Crippen LogP contribution in [0.1, 0.15) is 5.56 Å². The van der Waals surface area contributed by atoms with Gasteiger partial charge in [0.25, 0.3) is 0 Å². The van der Waals surface area contributed by atoms with Crippen LogP contribution in [0.25, 0.3) is 0 Å². The van der Waals surface area contributed by atoms with Gasteiger partial charge in [0.05, 0.1) is 23.4 Å². The molecule has 0 aliphatic carbocycles. The molecule has 20 heavy (non-hydrogen) atoms. The topological polar surface area (TPSA) is 66.7 Å². The monoisotopic (exact) mass is 311 g/mol. The first-order valence-electron chi connectivity index (χ1n) is 5.57. The van der Waals surface area contributed by atoms with E-state index in [1.807, 2.05) is 0 Å². The van der Waals surface area contributed by atoms with Crippen LogP contribution in [0.2, 0.25) is 10.0 Å². The number of ether oxygens (including phenoxy) is 1. The van der Waals surface area contributed by atoms with Gasteiger partial charge in [0, 0.05) is 6.20 Å². The van der Waals surface area contributed by atoms with Crippen molar-refractivity contribution in [3.8, 4) is 11.5 Å². The summed E-state index contributed by atoms with van der Waals surface area (Å²) in [5.41, 5.74) is 3.39. The molecule has 0 radical (unpaired) electrons. The van der Waals surface area contributed by atoms with Gasteiger partial charge in [0.1, 0.15) is 0 Å². The summed E-state index contributed by atoms with van der Waals surface area (Å²) in [5.74, 6) is 0.835. The smallest absolute Gasteiger partial charge is 0.165 e. The summed E-state index contributed by atoms with van der Waals surface area (Å²) >= 11 is 11.7. The average Bonchev–Trinajstić information content (AvgIpc) is 2.41. The molecule has 1 aromatic heterocycles. The second kappa shape index (κ2) is 6.45. The molecule has 0 saturated carbocycles. The van der Waals surface area contributed by atoms with Crippen LogP contribution in [0.3, 0.4) is 0 Å². The van der Waals surface area contributed by atoms with E-state index in [4.69, 9.17) is 27.9 Å². The number of phenolic OH excluding ortho intramolecular Hbond substituents is 1. The highest BCUT2D eigenvalue weighted by Crippen LogP contribution is 2.25. The lowest BCUT2D eigenvalue weighted by Gasteiger charge is -2.04. The van der Waals surface area contributed by atoms with E-state index in [2.05, 4.69) is 15.5 Å². The number of anilines is 1. The molecular formula is C13H11Cl2N3O2. The Kier molecular flexibility index (Phi) is 4.65. The Bertz CT molecular complexity index is 648. The highest BCUT2D eigenvalue weighted by Gasteiger charge is 2.02. The lowest BCUT2D eigenvalue weighted by Crippen LogP contribution is -1.94. The normalized spacial score (nSPS) is 10.8. The maximum Gasteiger partial charge on any atom is 0.165 e. The Balaban J connectivity index is 2.08. The molecule has 0 saturated heterocycles. The molecule has 2 rings (SSSR count). The third kappa shape index (κ3) is 3.53. The predicted octanol–water partition coefficient (Wildman–Crippen LogP) is 3.55. The molecule has 0 aliphatic heterocycles. The minimum Gasteiger partial charge on any atom is -0.504 e. The van der Waals surface area contributed by atoms with E-state index in [9.17, 15) is 5.11 Å². The number of aromatic nitrogens is 1. The molecule has 0 aliphatic rings. The third-order valence-corrected chi connectivity index (χ3v) is 2.89. The zero-order chi connectivity index (χ0) is 14.5. The maximum atomic E-state index is 9.63. The third-order valence-electron chi connectivity index (χ3n) is 2.39. The van der Waals surface area contributed by atoms with Gasteiger partial charge in [-0.25, -0.2) is 4.98 Å². The zero-order valence-corrected chi connectivity index (χ0v) is 12.0. The van der Waals surface area contributed by atoms with Gasteiger partial charge in [-0.1, -0.05) is 23.2 Å². The van der Waals surface area contributed by atoms with Crippen molar-refractivity contribution in [3.63, 3.8) is 0 Å². The van der Waals surface area contributed by atoms with Crippen molar-refractivity contribution in [2.75, 3.05) is 12.5 Å². The van der Waals surface area contributed by atoms with Crippen molar-refractivity contribution in [1.29, 1.82) is 0 Å². The number of hydrazone groups is 1. The minimum absolute atomic E-state index is 0.0408. The molecule has 0 unspecified atom stereocenters. The summed E-state index contributed by atoms with van der Waals surface area (Å²) in [6.45, 7) is 0. The molecule has 0 bridgehead atoms. The second-order valence-electron chi connectivity index (χ2n) is 3.79. The van der Waals surface area contributed by atoms with Gasteiger partial charge in [0.15, 0.2) is 17.3 Å². The van der Waals surface area contributed by atoms with Crippen LogP contribution >= 0.6 is 23.2 Å². The number of rotatable bonds is 4. The molecule has 0 spiro atoms. The maximum absolute atomic E-state index is 9.63. The van der Waals surface area contributed by atoms with Crippen molar-refractivity contribution < 1.29 is 9.84 Å². The Labute approximate surface area is 125 Å². The fourth-order valence-corrected chi connectivity index (χ4v) is 1.87. The first kappa shape index (κ1) is 14.4. The molecule has 2 aromatic rings. The van der Waals surface area contributed by atoms with E-state index in [-0.39, 0.29) is 5.75 Å². The van der Waals surface area contributed by atoms with E-state index >= 15 is 0 Å². The summed E-state index contributed by atoms with van der Waals surface area (Å²) < 4.78 is 4.95. The van der Waals surface area contributed by atoms with Crippen LogP contribution in [0, 0.1) is 0 Å². The highest BCUT2D eigenvalue weighted by atomic mass is 35.5. The van der Waals surface area contributed by atoms with Gasteiger partial charge in [-0.3, -0.25) is 5.43 Å². The van der Waals surface area contributed by atoms with Crippen LogP contribution in [-0.2, 0) is 0 Å². The summed E-state index contributed by atoms with van der Waals surface area (Å²) in [4.78, 5) is 4.00. The van der Waals surface area contributed by atoms with Crippen molar-refractivity contribution >= 4 is 35.2 Å². The van der Waals surface area contributed by atoms with Crippen molar-refractivity contribution in [2.24, 2.45) is 5.10 Å². The Hall–Kier alpha value is -1.98. The number of halogens is 2. The van der Waals surface area contributed by atoms with Gasteiger partial charge in [-0.15, -0.1) is 0 Å². The van der Waals surface area contributed by atoms with Gasteiger partial charge in [-0.05, 0) is 29.8 Å². The Morgan fingerprint density at radius 2 is 2.15 bits per heavy atom. The molecule has 0 amide bonds. The number of hydrogen-bond acceptors (Lipinski definition) is 5. The average molecular weight is 312 g/mol. The molecule has 1 heterocycles. The van der Waals surface area contributed by atoms with Crippen LogP contribution < -0.4 is 10.2 Å². The van der Waals surface area contributed by atoms with E-state index in [0.29, 0.717) is 27.2 Å². The lowest BCUT2D eigenvalue weighted by molar-refractivity contribution is 0.373. The zero-order valence-electron chi connectivity index (χ0n) is 10.5. The molecule has 2 N–H and O–H groups in total. The fraction of sp³-hybridized carbons (Fsp3) is 0.0769. The van der Waals surface area contributed by atoms with Gasteiger partial charge < -0.3 is 9.84 Å². The van der Waals surface area contributed by atoms with Crippen LogP contribution in [0.5, 0.6) is 11.5 Å². The number of hydrogen-bond donors (Lipinski definition) is 2. The number of nitrogens with one attached hydrogen (secondary N) is 1. The number of aromatic hydroxyl groups is 1. The van der Waals surface area contributed by atoms with Gasteiger partial charge >= 0.3 is 0 Å². The molecule has 104 valence electrons. The summed E-state index contributed by atoms with van der Waals surface area (Å²) in [5, 5.41) is 14.4. The summed E-state index contributed by atoms with van der Waals surface area (Å²) in [6.07, 6.45) is 2.98. The van der Waals surface area contributed by atoms with E-state index in [1.165, 1.54) is 25.6 Å². The molecule has 0 fully saturated rings. The quantitative estimate of drug-likeness (QED) is 0.669. The predicted molar refractivity (Wildman–Crippen MR) is 80.1 cm³/mol. The van der Waals surface area contributed by atoms with Crippen LogP contribution in [0.4, 0.5) is 5.82 Å². The molecule has 7 heteroatoms. The van der Waals surface area contributed by atoms with Gasteiger partial charge in [0.2, 0.25) is 0 Å². The van der Waals surface area contributed by atoms with E-state index in [0.717, 1.165) is 0 Å². The number of phenols is 1.